The summed E-state index contributed by atoms with van der Waals surface area (Å²) in [5.41, 5.74) is 2.33. The van der Waals surface area contributed by atoms with Crippen molar-refractivity contribution in [3.05, 3.63) is 236 Å². The smallest absolute Gasteiger partial charge is 0.0651 e. The Labute approximate surface area is 351 Å². The van der Waals surface area contributed by atoms with Crippen LogP contribution in [0.15, 0.2) is 236 Å². The van der Waals surface area contributed by atoms with E-state index in [1.807, 2.05) is 121 Å². The first kappa shape index (κ1) is 23.4. The maximum absolute atomic E-state index is 9.94. The summed E-state index contributed by atoms with van der Waals surface area (Å²) < 4.78 is 116. The van der Waals surface area contributed by atoms with Crippen LogP contribution in [0.5, 0.6) is 0 Å². The average Bonchev–Trinajstić information content (AvgIpc) is 3.37. The van der Waals surface area contributed by atoms with E-state index in [0.29, 0.717) is 33.0 Å². The highest BCUT2D eigenvalue weighted by atomic mass is 15.1. The van der Waals surface area contributed by atoms with Gasteiger partial charge in [0.15, 0.2) is 0 Å². The maximum Gasteiger partial charge on any atom is 0.0651 e. The van der Waals surface area contributed by atoms with E-state index in [1.54, 1.807) is 42.5 Å². The molecule has 0 atom stereocenters. The molecule has 0 unspecified atom stereocenters. The van der Waals surface area contributed by atoms with Gasteiger partial charge in [-0.05, 0) is 120 Å². The van der Waals surface area contributed by atoms with Crippen LogP contribution in [0.3, 0.4) is 0 Å². The normalized spacial score (nSPS) is 14.1. The summed E-state index contributed by atoms with van der Waals surface area (Å²) >= 11 is 0. The first-order valence-corrected chi connectivity index (χ1v) is 18.6. The fraction of sp³-hybridized carbons (Fsp3) is 0. The first-order chi connectivity index (χ1) is 33.3. The first-order valence-electron chi connectivity index (χ1n) is 24.6. The van der Waals surface area contributed by atoms with Gasteiger partial charge in [0.2, 0.25) is 0 Å². The van der Waals surface area contributed by atoms with Crippen LogP contribution in [0.1, 0.15) is 16.4 Å². The van der Waals surface area contributed by atoms with Crippen LogP contribution in [-0.2, 0) is 0 Å². The topological polar surface area (TPSA) is 3.24 Å². The molecular weight excluding hydrogens is 687 g/mol. The van der Waals surface area contributed by atoms with Gasteiger partial charge in [0, 0.05) is 17.1 Å². The second-order valence-electron chi connectivity index (χ2n) is 13.6. The zero-order valence-electron chi connectivity index (χ0n) is 42.5. The minimum atomic E-state index is -0.730. The van der Waals surface area contributed by atoms with Crippen molar-refractivity contribution in [2.24, 2.45) is 0 Å². The molecule has 268 valence electrons. The van der Waals surface area contributed by atoms with Crippen molar-refractivity contribution >= 4 is 38.6 Å². The van der Waals surface area contributed by atoms with E-state index in [9.17, 15) is 16.4 Å². The average molecular weight is 738 g/mol. The van der Waals surface area contributed by atoms with Crippen molar-refractivity contribution < 1.29 is 16.4 Å². The molecule has 0 radical (unpaired) electrons. The number of nitrogens with zero attached hydrogens (tertiary/aromatic N) is 1. The molecule has 0 aliphatic carbocycles. The molecule has 0 aliphatic rings. The number of anilines is 3. The molecule has 10 rings (SSSR count). The van der Waals surface area contributed by atoms with Gasteiger partial charge in [0.1, 0.15) is 0 Å². The van der Waals surface area contributed by atoms with Gasteiger partial charge in [-0.25, -0.2) is 0 Å². The molecule has 0 amide bonds. The van der Waals surface area contributed by atoms with Gasteiger partial charge in [-0.3, -0.25) is 0 Å². The molecule has 10 aromatic rings. The maximum atomic E-state index is 9.94. The Hall–Kier alpha value is -7.48. The number of fused-ring (bicyclic) bond motifs is 2. The van der Waals surface area contributed by atoms with Gasteiger partial charge in [0.25, 0.3) is 0 Å². The van der Waals surface area contributed by atoms with Crippen LogP contribution >= 0.6 is 0 Å². The van der Waals surface area contributed by atoms with Crippen molar-refractivity contribution in [1.29, 1.82) is 0 Å². The lowest BCUT2D eigenvalue weighted by atomic mass is 9.89. The molecule has 0 spiro atoms. The lowest BCUT2D eigenvalue weighted by Crippen LogP contribution is -2.10. The quantitative estimate of drug-likeness (QED) is 0.150. The van der Waals surface area contributed by atoms with Crippen LogP contribution in [0.25, 0.3) is 77.2 Å². The zero-order valence-corrected chi connectivity index (χ0v) is 30.5. The Bertz CT molecular complexity index is 3640. The molecule has 0 saturated carbocycles. The lowest BCUT2D eigenvalue weighted by molar-refractivity contribution is 1.28. The number of hydrogen-bond acceptors (Lipinski definition) is 1. The third-order valence-electron chi connectivity index (χ3n) is 10.1. The summed E-state index contributed by atoms with van der Waals surface area (Å²) in [7, 11) is 0. The minimum absolute atomic E-state index is 0.0473. The highest BCUT2D eigenvalue weighted by Gasteiger charge is 2.17. The van der Waals surface area contributed by atoms with E-state index in [2.05, 4.69) is 0 Å². The van der Waals surface area contributed by atoms with E-state index in [0.717, 1.165) is 32.4 Å². The predicted octanol–water partition coefficient (Wildman–Crippen LogP) is 15.8. The molecule has 0 bridgehead atoms. The van der Waals surface area contributed by atoms with Gasteiger partial charge >= 0.3 is 0 Å². The van der Waals surface area contributed by atoms with Gasteiger partial charge in [-0.15, -0.1) is 0 Å². The van der Waals surface area contributed by atoms with E-state index in [-0.39, 0.29) is 16.7 Å². The van der Waals surface area contributed by atoms with E-state index < -0.39 is 89.6 Å². The molecule has 1 heteroatoms. The second kappa shape index (κ2) is 15.0. The monoisotopic (exact) mass is 737 g/mol. The van der Waals surface area contributed by atoms with Crippen LogP contribution in [0, 0.1) is 0 Å². The summed E-state index contributed by atoms with van der Waals surface area (Å²) in [4.78, 5) is 0.910. The summed E-state index contributed by atoms with van der Waals surface area (Å²) in [5, 5.41) is 2.83. The Morgan fingerprint density at radius 2 is 0.860 bits per heavy atom. The van der Waals surface area contributed by atoms with Crippen molar-refractivity contribution in [1.82, 2.24) is 0 Å². The number of rotatable bonds is 8. The molecule has 0 heterocycles. The fourth-order valence-corrected chi connectivity index (χ4v) is 7.35. The third-order valence-corrected chi connectivity index (χ3v) is 10.1. The van der Waals surface area contributed by atoms with Crippen LogP contribution in [-0.4, -0.2) is 0 Å². The molecule has 0 fully saturated rings. The SMILES string of the molecule is [2H]c1c([2H])c(-c2cccc3ccccc23)c([2H])c(N(c2c([2H])c([2H])c(-c3cccc(-c4ccccc4)c3)c([2H])c2[2H])c2c([2H])c([2H])c(-c3c(-c4ccccc4)ccc4ccccc34)c([2H])c2[2H])c1[2H]. The second-order valence-corrected chi connectivity index (χ2v) is 13.6. The Morgan fingerprint density at radius 3 is 1.58 bits per heavy atom. The van der Waals surface area contributed by atoms with E-state index >= 15 is 0 Å². The predicted molar refractivity (Wildman–Crippen MR) is 243 cm³/mol. The summed E-state index contributed by atoms with van der Waals surface area (Å²) in [5.74, 6) is 0. The molecule has 10 aromatic carbocycles. The molecule has 0 aromatic heterocycles. The molecule has 57 heavy (non-hydrogen) atoms. The van der Waals surface area contributed by atoms with Gasteiger partial charge < -0.3 is 4.90 Å². The van der Waals surface area contributed by atoms with Crippen LogP contribution < -0.4 is 4.90 Å². The standard InChI is InChI=1S/C56H39N/c1-3-14-40(15-4-1)46-21-11-22-47(38-46)41-28-33-49(34-29-41)57(51-24-12-23-48(39-51)53-27-13-20-42-18-7-9-25-52(42)53)50-35-30-45(31-36-50)56-54-26-10-8-19-44(54)32-37-55(56)43-16-5-2-6-17-43/h1-39H/i12D,23D,24D,28D,29D,30D,31D,33D,34D,35D,36D,39D. The molecule has 0 saturated heterocycles. The molecule has 0 N–H and O–H groups in total. The summed E-state index contributed by atoms with van der Waals surface area (Å²) in [6.45, 7) is 0. The highest BCUT2D eigenvalue weighted by molar-refractivity contribution is 6.04. The number of benzene rings is 10. The van der Waals surface area contributed by atoms with Crippen molar-refractivity contribution in [3.63, 3.8) is 0 Å². The van der Waals surface area contributed by atoms with E-state index in [4.69, 9.17) is 0 Å². The Kier molecular flexibility index (Phi) is 6.16. The Morgan fingerprint density at radius 1 is 0.316 bits per heavy atom. The lowest BCUT2D eigenvalue weighted by Gasteiger charge is -2.27. The van der Waals surface area contributed by atoms with Gasteiger partial charge in [0.05, 0.1) is 16.4 Å². The van der Waals surface area contributed by atoms with Gasteiger partial charge in [-0.1, -0.05) is 194 Å². The van der Waals surface area contributed by atoms with Gasteiger partial charge in [-0.2, -0.15) is 0 Å². The van der Waals surface area contributed by atoms with Crippen LogP contribution in [0.2, 0.25) is 0 Å². The highest BCUT2D eigenvalue weighted by Crippen LogP contribution is 2.42. The molecular formula is C56H39N. The minimum Gasteiger partial charge on any atom is -0.310 e. The summed E-state index contributed by atoms with van der Waals surface area (Å²) in [6.07, 6.45) is 0. The van der Waals surface area contributed by atoms with Crippen molar-refractivity contribution in [3.8, 4) is 55.6 Å². The Balaban J connectivity index is 1.31. The number of hydrogen-bond donors (Lipinski definition) is 0. The van der Waals surface area contributed by atoms with E-state index in [1.165, 1.54) is 0 Å². The fourth-order valence-electron chi connectivity index (χ4n) is 7.35. The summed E-state index contributed by atoms with van der Waals surface area (Å²) in [6, 6.07) is 42.6. The molecule has 0 aliphatic heterocycles. The zero-order chi connectivity index (χ0) is 48.4. The van der Waals surface area contributed by atoms with Crippen LogP contribution in [0.4, 0.5) is 17.1 Å². The van der Waals surface area contributed by atoms with Crippen molar-refractivity contribution in [2.45, 2.75) is 0 Å². The molecule has 1 nitrogen and oxygen atoms in total. The van der Waals surface area contributed by atoms with Crippen molar-refractivity contribution in [2.75, 3.05) is 4.90 Å². The third kappa shape index (κ3) is 6.66. The largest absolute Gasteiger partial charge is 0.310 e.